The second kappa shape index (κ2) is 2.80. The lowest BCUT2D eigenvalue weighted by atomic mass is 10.2. The third kappa shape index (κ3) is 1.14. The normalized spacial score (nSPS) is 10.7. The number of rotatable bonds is 1. The molecule has 72 valence electrons. The van der Waals surface area contributed by atoms with Crippen molar-refractivity contribution in [1.82, 2.24) is 14.8 Å². The summed E-state index contributed by atoms with van der Waals surface area (Å²) < 4.78 is 1.60. The van der Waals surface area contributed by atoms with E-state index in [1.54, 1.807) is 17.9 Å². The maximum Gasteiger partial charge on any atom is 0.269 e. The fraction of sp³-hybridized carbons (Fsp3) is 0.222. The van der Waals surface area contributed by atoms with Gasteiger partial charge in [0.25, 0.3) is 5.91 Å². The summed E-state index contributed by atoms with van der Waals surface area (Å²) in [6.07, 6.45) is 1.68. The molecule has 14 heavy (non-hydrogen) atoms. The molecular weight excluding hydrogens is 180 g/mol. The first-order chi connectivity index (χ1) is 6.59. The number of hydrogen-bond acceptors (Lipinski definition) is 3. The lowest BCUT2D eigenvalue weighted by Crippen LogP contribution is -2.12. The van der Waals surface area contributed by atoms with E-state index >= 15 is 0 Å². The molecule has 2 aromatic rings. The summed E-state index contributed by atoms with van der Waals surface area (Å²) in [5, 5.41) is 4.79. The summed E-state index contributed by atoms with van der Waals surface area (Å²) in [5.41, 5.74) is 7.16. The summed E-state index contributed by atoms with van der Waals surface area (Å²) >= 11 is 0. The minimum absolute atomic E-state index is 0.299. The average molecular weight is 190 g/mol. The Morgan fingerprint density at radius 1 is 1.57 bits per heavy atom. The van der Waals surface area contributed by atoms with Gasteiger partial charge in [0.2, 0.25) is 0 Å². The first-order valence-corrected chi connectivity index (χ1v) is 4.19. The summed E-state index contributed by atoms with van der Waals surface area (Å²) in [7, 11) is 1.76. The second-order valence-electron chi connectivity index (χ2n) is 3.18. The predicted octanol–water partition coefficient (Wildman–Crippen LogP) is 0.376. The molecule has 2 rings (SSSR count). The Morgan fingerprint density at radius 2 is 2.29 bits per heavy atom. The summed E-state index contributed by atoms with van der Waals surface area (Å²) in [6, 6.07) is 1.81. The van der Waals surface area contributed by atoms with E-state index in [4.69, 9.17) is 5.73 Å². The summed E-state index contributed by atoms with van der Waals surface area (Å²) in [4.78, 5) is 15.2. The van der Waals surface area contributed by atoms with Crippen molar-refractivity contribution in [1.29, 1.82) is 0 Å². The van der Waals surface area contributed by atoms with Crippen molar-refractivity contribution in [2.75, 3.05) is 0 Å². The molecule has 5 nitrogen and oxygen atoms in total. The van der Waals surface area contributed by atoms with Crippen molar-refractivity contribution < 1.29 is 4.79 Å². The van der Waals surface area contributed by atoms with Gasteiger partial charge in [-0.05, 0) is 13.0 Å². The Bertz CT molecular complexity index is 515. The Morgan fingerprint density at radius 3 is 2.93 bits per heavy atom. The Hall–Kier alpha value is -1.91. The van der Waals surface area contributed by atoms with Crippen LogP contribution >= 0.6 is 0 Å². The number of carbonyl (C=O) groups excluding carboxylic acids is 1. The molecule has 2 heterocycles. The molecule has 0 aliphatic heterocycles. The molecule has 0 saturated heterocycles. The molecule has 0 aliphatic rings. The number of aromatic nitrogens is 3. The highest BCUT2D eigenvalue weighted by Crippen LogP contribution is 2.17. The van der Waals surface area contributed by atoms with Gasteiger partial charge < -0.3 is 5.73 Å². The molecule has 5 heteroatoms. The Labute approximate surface area is 80.5 Å². The van der Waals surface area contributed by atoms with Crippen molar-refractivity contribution in [3.05, 3.63) is 23.7 Å². The van der Waals surface area contributed by atoms with Gasteiger partial charge in [-0.2, -0.15) is 5.10 Å². The van der Waals surface area contributed by atoms with E-state index in [0.29, 0.717) is 5.69 Å². The first kappa shape index (κ1) is 8.68. The van der Waals surface area contributed by atoms with Gasteiger partial charge in [-0.15, -0.1) is 0 Å². The zero-order chi connectivity index (χ0) is 10.3. The summed E-state index contributed by atoms with van der Waals surface area (Å²) in [5.74, 6) is -0.513. The molecule has 0 aromatic carbocycles. The molecule has 2 N–H and O–H groups in total. The molecule has 0 unspecified atom stereocenters. The number of carbonyl (C=O) groups is 1. The highest BCUT2D eigenvalue weighted by Gasteiger charge is 2.13. The molecule has 0 fully saturated rings. The number of pyridine rings is 1. The van der Waals surface area contributed by atoms with Crippen molar-refractivity contribution in [3.8, 4) is 0 Å². The van der Waals surface area contributed by atoms with E-state index in [-0.39, 0.29) is 0 Å². The molecule has 0 bridgehead atoms. The molecule has 0 spiro atoms. The average Bonchev–Trinajstić information content (AvgIpc) is 2.43. The second-order valence-corrected chi connectivity index (χ2v) is 3.18. The fourth-order valence-electron chi connectivity index (χ4n) is 1.44. The molecule has 1 amide bonds. The molecule has 0 atom stereocenters. The number of primary amides is 1. The molecule has 0 aliphatic carbocycles. The number of nitrogens with two attached hydrogens (primary N) is 1. The number of amides is 1. The van der Waals surface area contributed by atoms with E-state index in [9.17, 15) is 4.79 Å². The van der Waals surface area contributed by atoms with Gasteiger partial charge in [0, 0.05) is 18.1 Å². The summed E-state index contributed by atoms with van der Waals surface area (Å²) in [6.45, 7) is 1.86. The monoisotopic (exact) mass is 190 g/mol. The predicted molar refractivity (Wildman–Crippen MR) is 51.8 cm³/mol. The minimum atomic E-state index is -0.513. The van der Waals surface area contributed by atoms with E-state index in [1.807, 2.05) is 13.0 Å². The molecule has 0 radical (unpaired) electrons. The van der Waals surface area contributed by atoms with Crippen LogP contribution in [0.1, 0.15) is 16.2 Å². The number of aryl methyl sites for hydroxylation is 2. The third-order valence-electron chi connectivity index (χ3n) is 2.11. The van der Waals surface area contributed by atoms with Gasteiger partial charge >= 0.3 is 0 Å². The topological polar surface area (TPSA) is 73.8 Å². The highest BCUT2D eigenvalue weighted by atomic mass is 16.1. The number of nitrogens with zero attached hydrogens (tertiary/aromatic N) is 3. The zero-order valence-electron chi connectivity index (χ0n) is 7.98. The largest absolute Gasteiger partial charge is 0.364 e. The maximum absolute atomic E-state index is 11.1. The van der Waals surface area contributed by atoms with Crippen LogP contribution in [0.25, 0.3) is 10.9 Å². The third-order valence-corrected chi connectivity index (χ3v) is 2.11. The van der Waals surface area contributed by atoms with Crippen molar-refractivity contribution in [2.24, 2.45) is 12.8 Å². The van der Waals surface area contributed by atoms with Crippen LogP contribution in [0.2, 0.25) is 0 Å². The van der Waals surface area contributed by atoms with Crippen LogP contribution in [-0.2, 0) is 7.05 Å². The van der Waals surface area contributed by atoms with E-state index in [2.05, 4.69) is 10.1 Å². The van der Waals surface area contributed by atoms with E-state index in [1.165, 1.54) is 0 Å². The van der Waals surface area contributed by atoms with Crippen molar-refractivity contribution in [2.45, 2.75) is 6.92 Å². The minimum Gasteiger partial charge on any atom is -0.364 e. The Kier molecular flexibility index (Phi) is 1.73. The van der Waals surface area contributed by atoms with E-state index < -0.39 is 5.91 Å². The SMILES string of the molecule is Cc1cc2c(C(N)=O)nn(C)c2cn1. The van der Waals surface area contributed by atoms with Crippen LogP contribution in [0.5, 0.6) is 0 Å². The number of hydrogen-bond donors (Lipinski definition) is 1. The molecule has 0 saturated carbocycles. The van der Waals surface area contributed by atoms with Crippen LogP contribution in [0, 0.1) is 6.92 Å². The van der Waals surface area contributed by atoms with Crippen molar-refractivity contribution >= 4 is 16.8 Å². The standard InChI is InChI=1S/C9H10N4O/c1-5-3-6-7(4-11-5)13(2)12-8(6)9(10)14/h3-4H,1-2H3,(H2,10,14). The lowest BCUT2D eigenvalue weighted by Gasteiger charge is -1.94. The number of fused-ring (bicyclic) bond motifs is 1. The van der Waals surface area contributed by atoms with Gasteiger partial charge in [0.1, 0.15) is 0 Å². The van der Waals surface area contributed by atoms with E-state index in [0.717, 1.165) is 16.6 Å². The van der Waals surface area contributed by atoms with Gasteiger partial charge in [0.05, 0.1) is 11.7 Å². The van der Waals surface area contributed by atoms with Crippen LogP contribution in [-0.4, -0.2) is 20.7 Å². The Balaban J connectivity index is 2.85. The van der Waals surface area contributed by atoms with Crippen LogP contribution in [0.3, 0.4) is 0 Å². The highest BCUT2D eigenvalue weighted by molar-refractivity contribution is 6.03. The molecule has 2 aromatic heterocycles. The van der Waals surface area contributed by atoms with Gasteiger partial charge in [0.15, 0.2) is 5.69 Å². The molecular formula is C9H10N4O. The van der Waals surface area contributed by atoms with Crippen LogP contribution < -0.4 is 5.73 Å². The fourth-order valence-corrected chi connectivity index (χ4v) is 1.44. The van der Waals surface area contributed by atoms with Gasteiger partial charge in [-0.1, -0.05) is 0 Å². The van der Waals surface area contributed by atoms with Crippen LogP contribution in [0.15, 0.2) is 12.3 Å². The first-order valence-electron chi connectivity index (χ1n) is 4.19. The van der Waals surface area contributed by atoms with Gasteiger partial charge in [-0.3, -0.25) is 14.5 Å². The zero-order valence-corrected chi connectivity index (χ0v) is 7.98. The van der Waals surface area contributed by atoms with Gasteiger partial charge in [-0.25, -0.2) is 0 Å². The maximum atomic E-state index is 11.1. The quantitative estimate of drug-likeness (QED) is 0.706. The van der Waals surface area contributed by atoms with Crippen LogP contribution in [0.4, 0.5) is 0 Å². The lowest BCUT2D eigenvalue weighted by molar-refractivity contribution is 0.0996. The van der Waals surface area contributed by atoms with Crippen molar-refractivity contribution in [3.63, 3.8) is 0 Å². The smallest absolute Gasteiger partial charge is 0.269 e.